The van der Waals surface area contributed by atoms with Crippen LogP contribution in [0.15, 0.2) is 18.2 Å². The second kappa shape index (κ2) is 7.32. The molecule has 1 fully saturated rings. The van der Waals surface area contributed by atoms with Crippen LogP contribution in [-0.2, 0) is 0 Å². The van der Waals surface area contributed by atoms with Crippen molar-refractivity contribution in [3.8, 4) is 5.75 Å². The first-order valence-corrected chi connectivity index (χ1v) is 8.37. The molecule has 1 aliphatic rings. The second-order valence-electron chi connectivity index (χ2n) is 4.97. The number of rotatable bonds is 5. The van der Waals surface area contributed by atoms with Crippen molar-refractivity contribution >= 4 is 33.4 Å². The lowest BCUT2D eigenvalue weighted by atomic mass is 10.1. The van der Waals surface area contributed by atoms with E-state index >= 15 is 0 Å². The van der Waals surface area contributed by atoms with Crippen molar-refractivity contribution in [2.75, 3.05) is 19.0 Å². The minimum absolute atomic E-state index is 0.00991. The largest absolute Gasteiger partial charge is 0.496 e. The standard InChI is InChI=1S/C15H19BrClNO2/c1-20-14-7-6-11(17)10-13(14)15(19)18(9-8-16)12-4-2-3-5-12/h6-7,10,12H,2-5,8-9H2,1H3. The van der Waals surface area contributed by atoms with E-state index in [1.54, 1.807) is 25.3 Å². The Kier molecular flexibility index (Phi) is 5.73. The Labute approximate surface area is 133 Å². The number of halogens is 2. The van der Waals surface area contributed by atoms with E-state index < -0.39 is 0 Å². The average Bonchev–Trinajstić information content (AvgIpc) is 2.98. The summed E-state index contributed by atoms with van der Waals surface area (Å²) in [6.07, 6.45) is 4.57. The lowest BCUT2D eigenvalue weighted by Gasteiger charge is -2.29. The predicted molar refractivity (Wildman–Crippen MR) is 85.1 cm³/mol. The molecule has 1 aromatic rings. The highest BCUT2D eigenvalue weighted by Gasteiger charge is 2.28. The van der Waals surface area contributed by atoms with Gasteiger partial charge in [-0.3, -0.25) is 4.79 Å². The third-order valence-corrected chi connectivity index (χ3v) is 4.33. The molecule has 1 saturated carbocycles. The number of hydrogen-bond donors (Lipinski definition) is 0. The summed E-state index contributed by atoms with van der Waals surface area (Å²) in [5.41, 5.74) is 0.549. The number of amides is 1. The van der Waals surface area contributed by atoms with E-state index in [9.17, 15) is 4.79 Å². The van der Waals surface area contributed by atoms with Crippen molar-refractivity contribution in [1.29, 1.82) is 0 Å². The van der Waals surface area contributed by atoms with Crippen LogP contribution in [0.3, 0.4) is 0 Å². The molecule has 0 atom stereocenters. The van der Waals surface area contributed by atoms with Crippen LogP contribution < -0.4 is 4.74 Å². The molecule has 0 aliphatic heterocycles. The summed E-state index contributed by atoms with van der Waals surface area (Å²) in [5.74, 6) is 0.590. The monoisotopic (exact) mass is 359 g/mol. The summed E-state index contributed by atoms with van der Waals surface area (Å²) in [7, 11) is 1.57. The van der Waals surface area contributed by atoms with Crippen molar-refractivity contribution in [1.82, 2.24) is 4.90 Å². The van der Waals surface area contributed by atoms with E-state index in [4.69, 9.17) is 16.3 Å². The van der Waals surface area contributed by atoms with Gasteiger partial charge < -0.3 is 9.64 Å². The summed E-state index contributed by atoms with van der Waals surface area (Å²) in [4.78, 5) is 14.8. The highest BCUT2D eigenvalue weighted by atomic mass is 79.9. The average molecular weight is 361 g/mol. The van der Waals surface area contributed by atoms with Gasteiger partial charge in [0.25, 0.3) is 5.91 Å². The van der Waals surface area contributed by atoms with Gasteiger partial charge in [0.1, 0.15) is 5.75 Å². The van der Waals surface area contributed by atoms with E-state index in [1.807, 2.05) is 4.90 Å². The van der Waals surface area contributed by atoms with Gasteiger partial charge in [-0.1, -0.05) is 40.4 Å². The summed E-state index contributed by atoms with van der Waals surface area (Å²) in [6, 6.07) is 5.51. The van der Waals surface area contributed by atoms with E-state index in [2.05, 4.69) is 15.9 Å². The molecule has 1 amide bonds. The van der Waals surface area contributed by atoms with Gasteiger partial charge in [0.15, 0.2) is 0 Å². The smallest absolute Gasteiger partial charge is 0.257 e. The Hall–Kier alpha value is -0.740. The molecular weight excluding hydrogens is 342 g/mol. The fraction of sp³-hybridized carbons (Fsp3) is 0.533. The number of carbonyl (C=O) groups is 1. The fourth-order valence-corrected chi connectivity index (χ4v) is 3.31. The van der Waals surface area contributed by atoms with Crippen LogP contribution in [0, 0.1) is 0 Å². The van der Waals surface area contributed by atoms with E-state index in [0.717, 1.165) is 18.2 Å². The summed E-state index contributed by atoms with van der Waals surface area (Å²) in [5, 5.41) is 1.33. The summed E-state index contributed by atoms with van der Waals surface area (Å²) >= 11 is 9.46. The Morgan fingerprint density at radius 2 is 2.15 bits per heavy atom. The predicted octanol–water partition coefficient (Wildman–Crippen LogP) is 4.13. The molecule has 3 nitrogen and oxygen atoms in total. The van der Waals surface area contributed by atoms with Crippen molar-refractivity contribution < 1.29 is 9.53 Å². The van der Waals surface area contributed by atoms with Crippen molar-refractivity contribution in [2.24, 2.45) is 0 Å². The van der Waals surface area contributed by atoms with Crippen molar-refractivity contribution in [3.05, 3.63) is 28.8 Å². The van der Waals surface area contributed by atoms with Gasteiger partial charge >= 0.3 is 0 Å². The number of carbonyl (C=O) groups excluding carboxylic acids is 1. The van der Waals surface area contributed by atoms with Gasteiger partial charge in [-0.2, -0.15) is 0 Å². The van der Waals surface area contributed by atoms with Gasteiger partial charge in [0, 0.05) is 22.9 Å². The third-order valence-electron chi connectivity index (χ3n) is 3.74. The first-order chi connectivity index (χ1) is 9.67. The molecule has 1 aromatic carbocycles. The maximum atomic E-state index is 12.8. The van der Waals surface area contributed by atoms with E-state index in [-0.39, 0.29) is 5.91 Å². The first kappa shape index (κ1) is 15.6. The molecule has 0 aromatic heterocycles. The number of methoxy groups -OCH3 is 1. The summed E-state index contributed by atoms with van der Waals surface area (Å²) < 4.78 is 5.29. The summed E-state index contributed by atoms with van der Waals surface area (Å²) in [6.45, 7) is 0.708. The number of benzene rings is 1. The van der Waals surface area contributed by atoms with Crippen LogP contribution in [0.1, 0.15) is 36.0 Å². The van der Waals surface area contributed by atoms with Gasteiger partial charge in [-0.15, -0.1) is 0 Å². The number of alkyl halides is 1. The van der Waals surface area contributed by atoms with Crippen LogP contribution in [0.2, 0.25) is 5.02 Å². The molecule has 110 valence electrons. The van der Waals surface area contributed by atoms with Crippen LogP contribution in [0.25, 0.3) is 0 Å². The van der Waals surface area contributed by atoms with E-state index in [0.29, 0.717) is 28.9 Å². The maximum Gasteiger partial charge on any atom is 0.257 e. The second-order valence-corrected chi connectivity index (χ2v) is 6.20. The van der Waals surface area contributed by atoms with E-state index in [1.165, 1.54) is 12.8 Å². The molecule has 0 bridgehead atoms. The first-order valence-electron chi connectivity index (χ1n) is 6.88. The molecule has 1 aliphatic carbocycles. The van der Waals surface area contributed by atoms with Crippen LogP contribution in [0.5, 0.6) is 5.75 Å². The van der Waals surface area contributed by atoms with Crippen LogP contribution in [0.4, 0.5) is 0 Å². The number of hydrogen-bond acceptors (Lipinski definition) is 2. The Balaban J connectivity index is 2.28. The number of nitrogens with zero attached hydrogens (tertiary/aromatic N) is 1. The topological polar surface area (TPSA) is 29.5 Å². The normalized spacial score (nSPS) is 15.3. The van der Waals surface area contributed by atoms with Gasteiger partial charge in [0.05, 0.1) is 12.7 Å². The highest BCUT2D eigenvalue weighted by molar-refractivity contribution is 9.09. The molecular formula is C15H19BrClNO2. The Morgan fingerprint density at radius 1 is 1.45 bits per heavy atom. The zero-order chi connectivity index (χ0) is 14.5. The molecule has 5 heteroatoms. The number of ether oxygens (including phenoxy) is 1. The lowest BCUT2D eigenvalue weighted by molar-refractivity contribution is 0.0693. The Bertz CT molecular complexity index is 475. The third kappa shape index (κ3) is 3.47. The Morgan fingerprint density at radius 3 is 2.75 bits per heavy atom. The fourth-order valence-electron chi connectivity index (χ4n) is 2.76. The molecule has 2 rings (SSSR count). The minimum Gasteiger partial charge on any atom is -0.496 e. The van der Waals surface area contributed by atoms with Gasteiger partial charge in [-0.25, -0.2) is 0 Å². The zero-order valence-corrected chi connectivity index (χ0v) is 13.9. The molecule has 0 heterocycles. The molecule has 0 spiro atoms. The maximum absolute atomic E-state index is 12.8. The highest BCUT2D eigenvalue weighted by Crippen LogP contribution is 2.29. The molecule has 20 heavy (non-hydrogen) atoms. The quantitative estimate of drug-likeness (QED) is 0.739. The molecule has 0 unspecified atom stereocenters. The lowest BCUT2D eigenvalue weighted by Crippen LogP contribution is -2.40. The molecule has 0 saturated heterocycles. The van der Waals surface area contributed by atoms with Crippen molar-refractivity contribution in [2.45, 2.75) is 31.7 Å². The van der Waals surface area contributed by atoms with Gasteiger partial charge in [0.2, 0.25) is 0 Å². The van der Waals surface area contributed by atoms with Crippen molar-refractivity contribution in [3.63, 3.8) is 0 Å². The van der Waals surface area contributed by atoms with Gasteiger partial charge in [-0.05, 0) is 31.0 Å². The molecule has 0 N–H and O–H groups in total. The SMILES string of the molecule is COc1ccc(Cl)cc1C(=O)N(CCBr)C1CCCC1. The van der Waals surface area contributed by atoms with Crippen LogP contribution >= 0.6 is 27.5 Å². The molecule has 0 radical (unpaired) electrons. The van der Waals surface area contributed by atoms with Crippen LogP contribution in [-0.4, -0.2) is 35.8 Å². The minimum atomic E-state index is 0.00991. The zero-order valence-electron chi connectivity index (χ0n) is 11.6.